The van der Waals surface area contributed by atoms with Crippen LogP contribution in [0.5, 0.6) is 0 Å². The molecule has 1 fully saturated rings. The van der Waals surface area contributed by atoms with Gasteiger partial charge in [-0.25, -0.2) is 18.7 Å². The van der Waals surface area contributed by atoms with Crippen LogP contribution in [0.2, 0.25) is 0 Å². The maximum Gasteiger partial charge on any atom is 0.264 e. The number of alkyl halides is 2. The van der Waals surface area contributed by atoms with E-state index in [0.29, 0.717) is 18.8 Å². The highest BCUT2D eigenvalue weighted by Gasteiger charge is 2.41. The number of nitrogens with one attached hydrogen (secondary N) is 2. The largest absolute Gasteiger partial charge is 0.369 e. The van der Waals surface area contributed by atoms with Crippen molar-refractivity contribution in [3.8, 4) is 0 Å². The first kappa shape index (κ1) is 11.2. The smallest absolute Gasteiger partial charge is 0.264 e. The third kappa shape index (κ3) is 2.63. The summed E-state index contributed by atoms with van der Waals surface area (Å²) in [6.07, 6.45) is 3.45. The fraction of sp³-hybridized carbons (Fsp3) is 0.600. The van der Waals surface area contributed by atoms with Gasteiger partial charge in [0, 0.05) is 18.7 Å². The second kappa shape index (κ2) is 4.69. The third-order valence-corrected chi connectivity index (χ3v) is 2.74. The van der Waals surface area contributed by atoms with Crippen molar-refractivity contribution in [1.29, 1.82) is 0 Å². The van der Waals surface area contributed by atoms with Gasteiger partial charge in [0.1, 0.15) is 12.1 Å². The van der Waals surface area contributed by atoms with Crippen LogP contribution in [-0.4, -0.2) is 35.5 Å². The fourth-order valence-corrected chi connectivity index (χ4v) is 1.76. The molecule has 88 valence electrons. The van der Waals surface area contributed by atoms with Crippen LogP contribution in [0.1, 0.15) is 6.42 Å². The van der Waals surface area contributed by atoms with E-state index in [1.54, 1.807) is 12.3 Å². The second-order valence-electron chi connectivity index (χ2n) is 3.90. The number of piperidine rings is 1. The summed E-state index contributed by atoms with van der Waals surface area (Å²) in [5, 5.41) is 5.61. The zero-order valence-electron chi connectivity index (χ0n) is 8.79. The Morgan fingerprint density at radius 2 is 2.44 bits per heavy atom. The van der Waals surface area contributed by atoms with Crippen molar-refractivity contribution in [2.75, 3.05) is 25.0 Å². The van der Waals surface area contributed by atoms with Crippen LogP contribution in [0.3, 0.4) is 0 Å². The highest BCUT2D eigenvalue weighted by molar-refractivity contribution is 5.31. The van der Waals surface area contributed by atoms with Crippen LogP contribution >= 0.6 is 0 Å². The minimum atomic E-state index is -2.64. The Labute approximate surface area is 92.5 Å². The Kier molecular flexibility index (Phi) is 3.28. The number of aromatic nitrogens is 2. The van der Waals surface area contributed by atoms with E-state index in [-0.39, 0.29) is 13.1 Å². The minimum Gasteiger partial charge on any atom is -0.369 e. The van der Waals surface area contributed by atoms with Crippen molar-refractivity contribution in [2.24, 2.45) is 5.92 Å². The van der Waals surface area contributed by atoms with Gasteiger partial charge in [0.25, 0.3) is 5.92 Å². The molecule has 0 aromatic carbocycles. The van der Waals surface area contributed by atoms with Crippen molar-refractivity contribution >= 4 is 5.82 Å². The van der Waals surface area contributed by atoms with E-state index in [0.717, 1.165) is 0 Å². The average molecular weight is 228 g/mol. The molecule has 1 aliphatic heterocycles. The maximum atomic E-state index is 13.4. The highest BCUT2D eigenvalue weighted by atomic mass is 19.3. The number of nitrogens with zero attached hydrogens (tertiary/aromatic N) is 2. The van der Waals surface area contributed by atoms with Gasteiger partial charge in [0.05, 0.1) is 6.54 Å². The molecule has 16 heavy (non-hydrogen) atoms. The summed E-state index contributed by atoms with van der Waals surface area (Å²) in [5.41, 5.74) is 0. The molecule has 1 aromatic rings. The van der Waals surface area contributed by atoms with Gasteiger partial charge in [0.15, 0.2) is 0 Å². The Balaban J connectivity index is 1.90. The van der Waals surface area contributed by atoms with Crippen molar-refractivity contribution < 1.29 is 8.78 Å². The van der Waals surface area contributed by atoms with E-state index < -0.39 is 11.8 Å². The topological polar surface area (TPSA) is 49.8 Å². The zero-order valence-corrected chi connectivity index (χ0v) is 8.79. The monoisotopic (exact) mass is 228 g/mol. The summed E-state index contributed by atoms with van der Waals surface area (Å²) in [4.78, 5) is 7.69. The normalized spacial score (nSPS) is 24.0. The van der Waals surface area contributed by atoms with Gasteiger partial charge < -0.3 is 10.6 Å². The van der Waals surface area contributed by atoms with Gasteiger partial charge in [-0.05, 0) is 19.0 Å². The molecule has 2 heterocycles. The van der Waals surface area contributed by atoms with Crippen molar-refractivity contribution in [3.63, 3.8) is 0 Å². The minimum absolute atomic E-state index is 0.233. The molecule has 1 aliphatic rings. The molecule has 0 spiro atoms. The Morgan fingerprint density at radius 1 is 1.56 bits per heavy atom. The molecule has 0 aliphatic carbocycles. The summed E-state index contributed by atoms with van der Waals surface area (Å²) < 4.78 is 26.9. The first-order valence-corrected chi connectivity index (χ1v) is 5.27. The van der Waals surface area contributed by atoms with Gasteiger partial charge in [-0.15, -0.1) is 0 Å². The van der Waals surface area contributed by atoms with Gasteiger partial charge >= 0.3 is 0 Å². The summed E-state index contributed by atoms with van der Waals surface area (Å²) in [5.74, 6) is -2.69. The molecule has 1 aromatic heterocycles. The number of anilines is 1. The zero-order chi connectivity index (χ0) is 11.4. The van der Waals surface area contributed by atoms with E-state index in [2.05, 4.69) is 20.6 Å². The van der Waals surface area contributed by atoms with Crippen molar-refractivity contribution in [2.45, 2.75) is 12.3 Å². The highest BCUT2D eigenvalue weighted by Crippen LogP contribution is 2.29. The van der Waals surface area contributed by atoms with Crippen LogP contribution in [0.15, 0.2) is 18.6 Å². The van der Waals surface area contributed by atoms with Crippen LogP contribution in [0.4, 0.5) is 14.6 Å². The molecule has 1 atom stereocenters. The predicted octanol–water partition coefficient (Wildman–Crippen LogP) is 1.13. The summed E-state index contributed by atoms with van der Waals surface area (Å²) in [7, 11) is 0. The lowest BCUT2D eigenvalue weighted by Crippen LogP contribution is -2.48. The lowest BCUT2D eigenvalue weighted by atomic mass is 9.94. The molecular weight excluding hydrogens is 214 g/mol. The second-order valence-corrected chi connectivity index (χ2v) is 3.90. The van der Waals surface area contributed by atoms with E-state index in [1.165, 1.54) is 6.33 Å². The Morgan fingerprint density at radius 3 is 3.12 bits per heavy atom. The van der Waals surface area contributed by atoms with Gasteiger partial charge in [0.2, 0.25) is 0 Å². The average Bonchev–Trinajstić information content (AvgIpc) is 2.28. The summed E-state index contributed by atoms with van der Waals surface area (Å²) >= 11 is 0. The summed E-state index contributed by atoms with van der Waals surface area (Å²) in [6, 6.07) is 1.67. The first-order valence-electron chi connectivity index (χ1n) is 5.27. The number of hydrogen-bond acceptors (Lipinski definition) is 4. The molecule has 1 unspecified atom stereocenters. The molecular formula is C10H14F2N4. The molecule has 0 saturated carbocycles. The van der Waals surface area contributed by atoms with Crippen molar-refractivity contribution in [1.82, 2.24) is 15.3 Å². The Hall–Kier alpha value is -1.30. The van der Waals surface area contributed by atoms with Crippen LogP contribution in [-0.2, 0) is 0 Å². The molecule has 0 radical (unpaired) electrons. The van der Waals surface area contributed by atoms with E-state index in [1.807, 2.05) is 0 Å². The summed E-state index contributed by atoms with van der Waals surface area (Å²) in [6.45, 7) is 0.653. The fourth-order valence-electron chi connectivity index (χ4n) is 1.76. The van der Waals surface area contributed by atoms with E-state index >= 15 is 0 Å². The SMILES string of the molecule is FC1(F)CNCCC1CNc1ccncn1. The lowest BCUT2D eigenvalue weighted by Gasteiger charge is -2.31. The maximum absolute atomic E-state index is 13.4. The molecule has 4 nitrogen and oxygen atoms in total. The molecule has 0 bridgehead atoms. The molecule has 0 amide bonds. The standard InChI is InChI=1S/C10H14F2N4/c11-10(12)6-13-3-1-8(10)5-15-9-2-4-14-7-16-9/h2,4,7-8,13H,1,3,5-6H2,(H,14,15,16). The Bertz CT molecular complexity index is 331. The third-order valence-electron chi connectivity index (χ3n) is 2.74. The van der Waals surface area contributed by atoms with Crippen LogP contribution in [0, 0.1) is 5.92 Å². The molecule has 2 rings (SSSR count). The lowest BCUT2D eigenvalue weighted by molar-refractivity contribution is -0.0678. The van der Waals surface area contributed by atoms with Gasteiger partial charge in [-0.3, -0.25) is 0 Å². The van der Waals surface area contributed by atoms with Gasteiger partial charge in [-0.2, -0.15) is 0 Å². The van der Waals surface area contributed by atoms with Crippen LogP contribution < -0.4 is 10.6 Å². The van der Waals surface area contributed by atoms with Gasteiger partial charge in [-0.1, -0.05) is 0 Å². The number of rotatable bonds is 3. The number of hydrogen-bond donors (Lipinski definition) is 2. The van der Waals surface area contributed by atoms with Crippen molar-refractivity contribution in [3.05, 3.63) is 18.6 Å². The predicted molar refractivity (Wildman–Crippen MR) is 56.4 cm³/mol. The van der Waals surface area contributed by atoms with E-state index in [9.17, 15) is 8.78 Å². The quantitative estimate of drug-likeness (QED) is 0.814. The first-order chi connectivity index (χ1) is 7.68. The van der Waals surface area contributed by atoms with Crippen LogP contribution in [0.25, 0.3) is 0 Å². The molecule has 1 saturated heterocycles. The van der Waals surface area contributed by atoms with E-state index in [4.69, 9.17) is 0 Å². The molecule has 6 heteroatoms. The molecule has 2 N–H and O–H groups in total. The number of halogens is 2.